The molecule has 2 aliphatic heterocycles. The number of nitrogens with one attached hydrogen (secondary N) is 1. The Morgan fingerprint density at radius 2 is 1.71 bits per heavy atom. The number of amides is 2. The van der Waals surface area contributed by atoms with Gasteiger partial charge in [0.1, 0.15) is 5.54 Å². The standard InChI is InChI=1S/C24H37N3O2Si2/c1-26-15-11-14-20(17-26)21(28)25-24(16-19-12-9-8-10-13-19)18-27(22(24)29)23(30(2,3)4)31(5,6)7/h8-13,15,17,23H,14,16,18H2,1-7H3,(H,25,28)/t24-/m1/s1. The molecule has 7 heteroatoms. The molecule has 0 unspecified atom stereocenters. The second-order valence-corrected chi connectivity index (χ2v) is 22.3. The minimum atomic E-state index is -1.61. The zero-order valence-electron chi connectivity index (χ0n) is 20.0. The summed E-state index contributed by atoms with van der Waals surface area (Å²) in [6.07, 6.45) is 6.87. The maximum atomic E-state index is 13.8. The van der Waals surface area contributed by atoms with Gasteiger partial charge in [0.15, 0.2) is 0 Å². The Morgan fingerprint density at radius 3 is 2.23 bits per heavy atom. The van der Waals surface area contributed by atoms with Crippen molar-refractivity contribution in [3.63, 3.8) is 0 Å². The van der Waals surface area contributed by atoms with Crippen LogP contribution in [0, 0.1) is 0 Å². The molecule has 1 atom stereocenters. The van der Waals surface area contributed by atoms with E-state index in [9.17, 15) is 9.59 Å². The highest BCUT2D eigenvalue weighted by molar-refractivity contribution is 6.96. The SMILES string of the molecule is CN1C=CCC(C(=O)N[C@]2(Cc3ccccc3)CN(C([Si](C)(C)C)[Si](C)(C)C)C2=O)=C1. The molecule has 0 aliphatic carbocycles. The maximum absolute atomic E-state index is 13.8. The number of hydrogen-bond donors (Lipinski definition) is 1. The topological polar surface area (TPSA) is 52.7 Å². The zero-order chi connectivity index (χ0) is 23.0. The van der Waals surface area contributed by atoms with Gasteiger partial charge in [-0.1, -0.05) is 75.7 Å². The van der Waals surface area contributed by atoms with E-state index < -0.39 is 21.7 Å². The fraction of sp³-hybridized carbons (Fsp3) is 0.500. The lowest BCUT2D eigenvalue weighted by Crippen LogP contribution is -2.81. The molecule has 1 aromatic carbocycles. The first-order valence-corrected chi connectivity index (χ1v) is 18.3. The van der Waals surface area contributed by atoms with E-state index in [0.717, 1.165) is 5.56 Å². The summed E-state index contributed by atoms with van der Waals surface area (Å²) in [6, 6.07) is 10.0. The molecule has 2 amide bonds. The molecule has 0 bridgehead atoms. The van der Waals surface area contributed by atoms with Gasteiger partial charge < -0.3 is 15.1 Å². The van der Waals surface area contributed by atoms with Crippen LogP contribution < -0.4 is 5.32 Å². The zero-order valence-corrected chi connectivity index (χ0v) is 22.0. The van der Waals surface area contributed by atoms with E-state index in [2.05, 4.69) is 49.5 Å². The Bertz CT molecular complexity index is 886. The van der Waals surface area contributed by atoms with Crippen molar-refractivity contribution in [1.82, 2.24) is 15.1 Å². The van der Waals surface area contributed by atoms with Crippen molar-refractivity contribution >= 4 is 28.0 Å². The summed E-state index contributed by atoms with van der Waals surface area (Å²) < 4.78 is 0. The Balaban J connectivity index is 1.90. The van der Waals surface area contributed by atoms with Gasteiger partial charge in [-0.2, -0.15) is 0 Å². The number of rotatable bonds is 7. The molecular formula is C24H37N3O2Si2. The first-order valence-electron chi connectivity index (χ1n) is 11.1. The van der Waals surface area contributed by atoms with Gasteiger partial charge in [-0.15, -0.1) is 0 Å². The van der Waals surface area contributed by atoms with Crippen LogP contribution in [-0.2, 0) is 16.0 Å². The minimum absolute atomic E-state index is 0.0832. The summed E-state index contributed by atoms with van der Waals surface area (Å²) in [5.41, 5.74) is 0.898. The number of likely N-dealkylation sites (tertiary alicyclic amines) is 1. The van der Waals surface area contributed by atoms with E-state index in [4.69, 9.17) is 0 Å². The van der Waals surface area contributed by atoms with Gasteiger partial charge in [0.2, 0.25) is 11.8 Å². The monoisotopic (exact) mass is 455 g/mol. The third-order valence-electron chi connectivity index (χ3n) is 6.09. The second-order valence-electron chi connectivity index (χ2n) is 11.2. The lowest BCUT2D eigenvalue weighted by molar-refractivity contribution is -0.155. The molecule has 5 nitrogen and oxygen atoms in total. The summed E-state index contributed by atoms with van der Waals surface area (Å²) in [7, 11) is -1.30. The van der Waals surface area contributed by atoms with Crippen LogP contribution in [0.1, 0.15) is 12.0 Å². The second kappa shape index (κ2) is 8.43. The summed E-state index contributed by atoms with van der Waals surface area (Å²) in [6.45, 7) is 14.7. The van der Waals surface area contributed by atoms with Crippen LogP contribution in [0.3, 0.4) is 0 Å². The van der Waals surface area contributed by atoms with Gasteiger partial charge in [-0.05, 0) is 18.2 Å². The van der Waals surface area contributed by atoms with Crippen LogP contribution >= 0.6 is 0 Å². The predicted molar refractivity (Wildman–Crippen MR) is 133 cm³/mol. The third kappa shape index (κ3) is 5.04. The van der Waals surface area contributed by atoms with Crippen molar-refractivity contribution in [1.29, 1.82) is 0 Å². The van der Waals surface area contributed by atoms with Crippen molar-refractivity contribution in [2.75, 3.05) is 13.6 Å². The van der Waals surface area contributed by atoms with Crippen molar-refractivity contribution < 1.29 is 9.59 Å². The average molecular weight is 456 g/mol. The van der Waals surface area contributed by atoms with Crippen molar-refractivity contribution in [2.24, 2.45) is 0 Å². The molecule has 0 saturated carbocycles. The van der Waals surface area contributed by atoms with Gasteiger partial charge in [0.05, 0.1) is 22.7 Å². The molecule has 1 aromatic rings. The van der Waals surface area contributed by atoms with Crippen LogP contribution in [0.5, 0.6) is 0 Å². The molecular weight excluding hydrogens is 418 g/mol. The number of allylic oxidation sites excluding steroid dienone is 1. The van der Waals surface area contributed by atoms with Crippen LogP contribution in [0.4, 0.5) is 0 Å². The quantitative estimate of drug-likeness (QED) is 0.503. The maximum Gasteiger partial charge on any atom is 0.250 e. The van der Waals surface area contributed by atoms with Crippen LogP contribution in [0.15, 0.2) is 54.4 Å². The fourth-order valence-electron chi connectivity index (χ4n) is 5.41. The number of benzene rings is 1. The van der Waals surface area contributed by atoms with Gasteiger partial charge >= 0.3 is 0 Å². The van der Waals surface area contributed by atoms with Crippen molar-refractivity contribution in [3.8, 4) is 0 Å². The Kier molecular flexibility index (Phi) is 6.40. The summed E-state index contributed by atoms with van der Waals surface area (Å²) in [5, 5.41) is 3.52. The van der Waals surface area contributed by atoms with Crippen LogP contribution in [0.2, 0.25) is 39.3 Å². The number of carbonyl (C=O) groups excluding carboxylic acids is 2. The van der Waals surface area contributed by atoms with E-state index in [-0.39, 0.29) is 11.8 Å². The molecule has 31 heavy (non-hydrogen) atoms. The summed E-state index contributed by atoms with van der Waals surface area (Å²) in [5.74, 6) is -0.0578. The highest BCUT2D eigenvalue weighted by Gasteiger charge is 2.59. The van der Waals surface area contributed by atoms with Crippen molar-refractivity contribution in [3.05, 3.63) is 59.9 Å². The Hall–Kier alpha value is -2.13. The molecule has 1 N–H and O–H groups in total. The molecule has 2 heterocycles. The number of carbonyl (C=O) groups is 2. The Morgan fingerprint density at radius 1 is 1.10 bits per heavy atom. The molecule has 1 fully saturated rings. The lowest BCUT2D eigenvalue weighted by atomic mass is 9.82. The minimum Gasteiger partial charge on any atom is -0.357 e. The van der Waals surface area contributed by atoms with Crippen molar-refractivity contribution in [2.45, 2.75) is 63.0 Å². The van der Waals surface area contributed by atoms with E-state index in [1.807, 2.05) is 60.8 Å². The molecule has 0 spiro atoms. The third-order valence-corrected chi connectivity index (χ3v) is 15.2. The molecule has 0 radical (unpaired) electrons. The van der Waals surface area contributed by atoms with Gasteiger partial charge in [-0.3, -0.25) is 9.59 Å². The first-order chi connectivity index (χ1) is 14.3. The van der Waals surface area contributed by atoms with Gasteiger partial charge in [-0.25, -0.2) is 0 Å². The lowest BCUT2D eigenvalue weighted by Gasteiger charge is -2.57. The highest BCUT2D eigenvalue weighted by atomic mass is 28.4. The fourth-order valence-corrected chi connectivity index (χ4v) is 18.1. The highest BCUT2D eigenvalue weighted by Crippen LogP contribution is 2.36. The molecule has 1 saturated heterocycles. The Labute approximate surface area is 189 Å². The number of hydrogen-bond acceptors (Lipinski definition) is 3. The number of nitrogens with zero attached hydrogens (tertiary/aromatic N) is 2. The largest absolute Gasteiger partial charge is 0.357 e. The summed E-state index contributed by atoms with van der Waals surface area (Å²) >= 11 is 0. The molecule has 0 aromatic heterocycles. The molecule has 168 valence electrons. The number of β-lactam (4-membered cyclic amide) rings is 1. The van der Waals surface area contributed by atoms with Gasteiger partial charge in [0, 0.05) is 30.5 Å². The molecule has 2 aliphatic rings. The average Bonchev–Trinajstić information content (AvgIpc) is 2.66. The smallest absolute Gasteiger partial charge is 0.250 e. The van der Waals surface area contributed by atoms with Crippen LogP contribution in [-0.4, -0.2) is 62.2 Å². The van der Waals surface area contributed by atoms with E-state index in [1.54, 1.807) is 0 Å². The van der Waals surface area contributed by atoms with E-state index in [1.165, 1.54) is 0 Å². The normalized spacial score (nSPS) is 21.8. The predicted octanol–water partition coefficient (Wildman–Crippen LogP) is 3.78. The van der Waals surface area contributed by atoms with E-state index >= 15 is 0 Å². The first kappa shape index (κ1) is 23.5. The molecule has 3 rings (SSSR count). The van der Waals surface area contributed by atoms with Crippen LogP contribution in [0.25, 0.3) is 0 Å². The summed E-state index contributed by atoms with van der Waals surface area (Å²) in [4.78, 5) is 31.0. The van der Waals surface area contributed by atoms with Gasteiger partial charge in [0.25, 0.3) is 0 Å². The van der Waals surface area contributed by atoms with E-state index in [0.29, 0.717) is 30.2 Å².